The largest absolute Gasteiger partial charge is 0.497 e. The third kappa shape index (κ3) is 6.21. The van der Waals surface area contributed by atoms with Crippen molar-refractivity contribution in [2.75, 3.05) is 40.1 Å². The number of carbonyl (C=O) groups is 2. The van der Waals surface area contributed by atoms with Gasteiger partial charge in [-0.3, -0.25) is 14.2 Å². The molecule has 0 N–H and O–H groups in total. The Morgan fingerprint density at radius 2 is 1.74 bits per heavy atom. The fourth-order valence-electron chi connectivity index (χ4n) is 5.75. The summed E-state index contributed by atoms with van der Waals surface area (Å²) in [5, 5.41) is 1.32. The molecule has 0 radical (unpaired) electrons. The monoisotopic (exact) mass is 551 g/mol. The van der Waals surface area contributed by atoms with Gasteiger partial charge in [0.2, 0.25) is 0 Å². The van der Waals surface area contributed by atoms with Crippen LogP contribution >= 0.6 is 11.6 Å². The molecule has 1 aromatic heterocycles. The number of benzene rings is 2. The normalized spacial score (nSPS) is 19.6. The van der Waals surface area contributed by atoms with Crippen LogP contribution < -0.4 is 4.74 Å². The molecule has 7 nitrogen and oxygen atoms in total. The van der Waals surface area contributed by atoms with Crippen molar-refractivity contribution in [2.45, 2.75) is 26.2 Å². The summed E-state index contributed by atoms with van der Waals surface area (Å²) in [4.78, 5) is 26.2. The van der Waals surface area contributed by atoms with E-state index in [1.54, 1.807) is 42.0 Å². The van der Waals surface area contributed by atoms with Gasteiger partial charge in [0.25, 0.3) is 5.91 Å². The molecule has 0 amide bonds. The third-order valence-corrected chi connectivity index (χ3v) is 8.02. The number of methoxy groups -OCH3 is 1. The maximum atomic E-state index is 13.4. The summed E-state index contributed by atoms with van der Waals surface area (Å²) in [6.07, 6.45) is 7.21. The second kappa shape index (κ2) is 12.4. The van der Waals surface area contributed by atoms with Crippen LogP contribution in [-0.2, 0) is 25.4 Å². The lowest BCUT2D eigenvalue weighted by atomic mass is 9.95. The molecule has 39 heavy (non-hydrogen) atoms. The number of esters is 1. The van der Waals surface area contributed by atoms with Crippen LogP contribution in [-0.4, -0.2) is 56.6 Å². The molecule has 0 spiro atoms. The summed E-state index contributed by atoms with van der Waals surface area (Å²) in [6, 6.07) is 12.2. The second-order valence-electron chi connectivity index (χ2n) is 10.2. The third-order valence-electron chi connectivity index (χ3n) is 7.77. The van der Waals surface area contributed by atoms with Gasteiger partial charge < -0.3 is 18.9 Å². The van der Waals surface area contributed by atoms with E-state index in [0.29, 0.717) is 59.2 Å². The molecule has 0 aliphatic heterocycles. The minimum atomic E-state index is -0.386. The highest BCUT2D eigenvalue weighted by Gasteiger charge is 2.35. The van der Waals surface area contributed by atoms with E-state index in [9.17, 15) is 9.59 Å². The van der Waals surface area contributed by atoms with Crippen LogP contribution in [0.3, 0.4) is 0 Å². The van der Waals surface area contributed by atoms with Crippen LogP contribution in [0, 0.1) is 24.7 Å². The molecule has 2 aliphatic rings. The lowest BCUT2D eigenvalue weighted by Gasteiger charge is -2.17. The lowest BCUT2D eigenvalue weighted by Crippen LogP contribution is -2.18. The molecule has 2 bridgehead atoms. The second-order valence-corrected chi connectivity index (χ2v) is 10.7. The molecule has 3 atom stereocenters. The number of fused-ring (bicyclic) bond motifs is 3. The first-order valence-electron chi connectivity index (χ1n) is 13.4. The van der Waals surface area contributed by atoms with Crippen molar-refractivity contribution in [3.05, 3.63) is 76.5 Å². The molecule has 5 rings (SSSR count). The first kappa shape index (κ1) is 27.4. The van der Waals surface area contributed by atoms with Crippen molar-refractivity contribution in [1.29, 1.82) is 0 Å². The highest BCUT2D eigenvalue weighted by atomic mass is 35.5. The molecule has 2 aliphatic carbocycles. The zero-order valence-electron chi connectivity index (χ0n) is 22.4. The van der Waals surface area contributed by atoms with Crippen molar-refractivity contribution in [2.24, 2.45) is 17.8 Å². The lowest BCUT2D eigenvalue weighted by molar-refractivity contribution is -0.144. The van der Waals surface area contributed by atoms with Crippen molar-refractivity contribution in [1.82, 2.24) is 4.57 Å². The van der Waals surface area contributed by atoms with Gasteiger partial charge in [0, 0.05) is 21.7 Å². The summed E-state index contributed by atoms with van der Waals surface area (Å²) < 4.78 is 23.8. The average molecular weight is 552 g/mol. The Morgan fingerprint density at radius 3 is 2.46 bits per heavy atom. The standard InChI is InChI=1S/C31H34ClNO6/c1-20-27(18-30(34)39-14-13-37-11-12-38-19-24-16-21-3-4-23(24)15-21)28-17-26(36-2)9-10-29(28)33(20)31(35)22-5-7-25(32)8-6-22/h3-10,17,21,23-24H,11-16,18-19H2,1-2H3. The Hall–Kier alpha value is -3.13. The molecular weight excluding hydrogens is 518 g/mol. The Morgan fingerprint density at radius 1 is 0.974 bits per heavy atom. The number of halogens is 1. The van der Waals surface area contributed by atoms with Crippen LogP contribution in [0.25, 0.3) is 10.9 Å². The van der Waals surface area contributed by atoms with Crippen LogP contribution in [0.1, 0.15) is 34.5 Å². The molecule has 1 saturated carbocycles. The Labute approximate surface area is 233 Å². The maximum absolute atomic E-state index is 13.4. The van der Waals surface area contributed by atoms with Crippen LogP contribution in [0.5, 0.6) is 5.75 Å². The molecule has 206 valence electrons. The van der Waals surface area contributed by atoms with E-state index >= 15 is 0 Å². The van der Waals surface area contributed by atoms with Crippen LogP contribution in [0.4, 0.5) is 0 Å². The topological polar surface area (TPSA) is 76.0 Å². The fourth-order valence-corrected chi connectivity index (χ4v) is 5.87. The average Bonchev–Trinajstić information content (AvgIpc) is 3.64. The summed E-state index contributed by atoms with van der Waals surface area (Å²) in [5.41, 5.74) is 2.59. The predicted octanol–water partition coefficient (Wildman–Crippen LogP) is 5.63. The maximum Gasteiger partial charge on any atom is 0.310 e. The molecular formula is C31H34ClNO6. The van der Waals surface area contributed by atoms with E-state index in [-0.39, 0.29) is 24.9 Å². The van der Waals surface area contributed by atoms with Gasteiger partial charge in [-0.2, -0.15) is 0 Å². The zero-order valence-corrected chi connectivity index (χ0v) is 23.1. The van der Waals surface area contributed by atoms with Crippen molar-refractivity contribution >= 4 is 34.4 Å². The number of rotatable bonds is 12. The number of nitrogens with zero attached hydrogens (tertiary/aromatic N) is 1. The van der Waals surface area contributed by atoms with E-state index < -0.39 is 0 Å². The van der Waals surface area contributed by atoms with Crippen LogP contribution in [0.2, 0.25) is 5.02 Å². The Bertz CT molecular complexity index is 1360. The van der Waals surface area contributed by atoms with E-state index in [0.717, 1.165) is 23.5 Å². The van der Waals surface area contributed by atoms with Crippen molar-refractivity contribution in [3.8, 4) is 5.75 Å². The molecule has 3 unspecified atom stereocenters. The smallest absolute Gasteiger partial charge is 0.310 e. The number of carbonyl (C=O) groups excluding carboxylic acids is 2. The Kier molecular flexibility index (Phi) is 8.70. The molecule has 1 fully saturated rings. The highest BCUT2D eigenvalue weighted by molar-refractivity contribution is 6.30. The van der Waals surface area contributed by atoms with Crippen molar-refractivity contribution in [3.63, 3.8) is 0 Å². The highest BCUT2D eigenvalue weighted by Crippen LogP contribution is 2.43. The number of allylic oxidation sites excluding steroid dienone is 2. The van der Waals surface area contributed by atoms with Gasteiger partial charge in [-0.15, -0.1) is 0 Å². The SMILES string of the molecule is COc1ccc2c(c1)c(CC(=O)OCCOCCOCC1CC3C=CC1C3)c(C)n2C(=O)c1ccc(Cl)cc1. The zero-order chi connectivity index (χ0) is 27.4. The predicted molar refractivity (Wildman–Crippen MR) is 150 cm³/mol. The summed E-state index contributed by atoms with van der Waals surface area (Å²) in [7, 11) is 1.58. The van der Waals surface area contributed by atoms with E-state index in [1.807, 2.05) is 19.1 Å². The first-order chi connectivity index (χ1) is 18.9. The van der Waals surface area contributed by atoms with Gasteiger partial charge in [0.1, 0.15) is 12.4 Å². The van der Waals surface area contributed by atoms with Gasteiger partial charge in [0.05, 0.1) is 45.5 Å². The minimum absolute atomic E-state index is 0.0253. The van der Waals surface area contributed by atoms with Gasteiger partial charge in [-0.05, 0) is 85.5 Å². The van der Waals surface area contributed by atoms with E-state index in [1.165, 1.54) is 12.8 Å². The van der Waals surface area contributed by atoms with Gasteiger partial charge in [-0.1, -0.05) is 23.8 Å². The van der Waals surface area contributed by atoms with Gasteiger partial charge in [0.15, 0.2) is 0 Å². The summed E-state index contributed by atoms with van der Waals surface area (Å²) in [6.45, 7) is 4.07. The Balaban J connectivity index is 1.14. The summed E-state index contributed by atoms with van der Waals surface area (Å²) >= 11 is 6.00. The van der Waals surface area contributed by atoms with Crippen molar-refractivity contribution < 1.29 is 28.5 Å². The molecule has 2 aromatic carbocycles. The fraction of sp³-hybridized carbons (Fsp3) is 0.419. The molecule has 3 aromatic rings. The number of hydrogen-bond donors (Lipinski definition) is 0. The molecule has 0 saturated heterocycles. The number of hydrogen-bond acceptors (Lipinski definition) is 6. The van der Waals surface area contributed by atoms with Gasteiger partial charge in [-0.25, -0.2) is 0 Å². The van der Waals surface area contributed by atoms with Crippen LogP contribution in [0.15, 0.2) is 54.6 Å². The molecule has 1 heterocycles. The molecule has 8 heteroatoms. The van der Waals surface area contributed by atoms with E-state index in [2.05, 4.69) is 12.2 Å². The quantitative estimate of drug-likeness (QED) is 0.165. The number of ether oxygens (including phenoxy) is 4. The summed E-state index contributed by atoms with van der Waals surface area (Å²) in [5.74, 6) is 2.12. The number of aromatic nitrogens is 1. The van der Waals surface area contributed by atoms with Gasteiger partial charge >= 0.3 is 5.97 Å². The first-order valence-corrected chi connectivity index (χ1v) is 13.8. The minimum Gasteiger partial charge on any atom is -0.497 e. The van der Waals surface area contributed by atoms with E-state index in [4.69, 9.17) is 30.5 Å².